The third-order valence-corrected chi connectivity index (χ3v) is 6.23. The molecule has 0 amide bonds. The molecule has 24 heavy (non-hydrogen) atoms. The van der Waals surface area contributed by atoms with Crippen molar-refractivity contribution in [1.82, 2.24) is 18.8 Å². The molecule has 1 atom stereocenters. The van der Waals surface area contributed by atoms with Crippen LogP contribution in [-0.2, 0) is 17.1 Å². The van der Waals surface area contributed by atoms with Gasteiger partial charge < -0.3 is 4.57 Å². The van der Waals surface area contributed by atoms with Crippen LogP contribution < -0.4 is 0 Å². The molecule has 3 rings (SSSR count). The van der Waals surface area contributed by atoms with Crippen LogP contribution in [0, 0.1) is 11.3 Å². The number of aromatic nitrogens is 2. The number of nitriles is 1. The van der Waals surface area contributed by atoms with Crippen molar-refractivity contribution in [3.8, 4) is 6.07 Å². The molecule has 7 nitrogen and oxygen atoms in total. The van der Waals surface area contributed by atoms with Crippen LogP contribution in [-0.4, -0.2) is 53.9 Å². The Kier molecular flexibility index (Phi) is 4.41. The van der Waals surface area contributed by atoms with Gasteiger partial charge in [-0.05, 0) is 25.2 Å². The number of hydrogen-bond donors (Lipinski definition) is 0. The van der Waals surface area contributed by atoms with E-state index in [0.717, 1.165) is 5.82 Å². The van der Waals surface area contributed by atoms with Crippen LogP contribution in [0.3, 0.4) is 0 Å². The fourth-order valence-electron chi connectivity index (χ4n) is 2.92. The Morgan fingerprint density at radius 1 is 1.29 bits per heavy atom. The van der Waals surface area contributed by atoms with Crippen molar-refractivity contribution in [1.29, 1.82) is 5.26 Å². The first-order valence-electron chi connectivity index (χ1n) is 7.61. The zero-order valence-corrected chi connectivity index (χ0v) is 14.4. The Labute approximate surface area is 141 Å². The van der Waals surface area contributed by atoms with Crippen LogP contribution in [0.15, 0.2) is 41.6 Å². The number of likely N-dealkylation sites (N-methyl/N-ethyl adjacent to an activating group) is 1. The van der Waals surface area contributed by atoms with Gasteiger partial charge in [0.1, 0.15) is 5.82 Å². The topological polar surface area (TPSA) is 82.2 Å². The van der Waals surface area contributed by atoms with Crippen molar-refractivity contribution < 1.29 is 8.42 Å². The van der Waals surface area contributed by atoms with Crippen molar-refractivity contribution in [2.45, 2.75) is 10.9 Å². The van der Waals surface area contributed by atoms with Gasteiger partial charge in [0.15, 0.2) is 0 Å². The summed E-state index contributed by atoms with van der Waals surface area (Å²) in [6.45, 7) is 1.37. The van der Waals surface area contributed by atoms with E-state index in [0.29, 0.717) is 25.2 Å². The van der Waals surface area contributed by atoms with E-state index in [2.05, 4.69) is 9.88 Å². The number of nitrogens with zero attached hydrogens (tertiary/aromatic N) is 5. The lowest BCUT2D eigenvalue weighted by Crippen LogP contribution is -2.49. The summed E-state index contributed by atoms with van der Waals surface area (Å²) in [5.74, 6) is 0.836. The third-order valence-electron chi connectivity index (χ3n) is 4.37. The summed E-state index contributed by atoms with van der Waals surface area (Å²) >= 11 is 0. The van der Waals surface area contributed by atoms with E-state index >= 15 is 0 Å². The first-order valence-corrected chi connectivity index (χ1v) is 9.05. The first kappa shape index (κ1) is 16.6. The number of imidazole rings is 1. The molecule has 0 aliphatic carbocycles. The largest absolute Gasteiger partial charge is 0.337 e. The fourth-order valence-corrected chi connectivity index (χ4v) is 4.40. The molecule has 0 N–H and O–H groups in total. The summed E-state index contributed by atoms with van der Waals surface area (Å²) in [7, 11) is 0.238. The standard InChI is InChI=1S/C16H19N5O2S/c1-19-8-9-21(12-15(19)16-18-6-7-20(16)2)24(22,23)14-5-3-4-13(10-14)11-17/h3-7,10,15H,8-9,12H2,1-2H3. The zero-order chi connectivity index (χ0) is 17.3. The van der Waals surface area contributed by atoms with Crippen molar-refractivity contribution in [2.75, 3.05) is 26.7 Å². The number of rotatable bonds is 3. The fraction of sp³-hybridized carbons (Fsp3) is 0.375. The van der Waals surface area contributed by atoms with Gasteiger partial charge in [0.05, 0.1) is 22.6 Å². The first-order chi connectivity index (χ1) is 11.4. The molecule has 126 valence electrons. The Morgan fingerprint density at radius 3 is 2.75 bits per heavy atom. The molecule has 1 aromatic carbocycles. The predicted molar refractivity (Wildman–Crippen MR) is 88.5 cm³/mol. The average Bonchev–Trinajstić information content (AvgIpc) is 3.01. The maximum absolute atomic E-state index is 12.9. The minimum Gasteiger partial charge on any atom is -0.337 e. The summed E-state index contributed by atoms with van der Waals surface area (Å²) in [4.78, 5) is 6.63. The number of aryl methyl sites for hydroxylation is 1. The van der Waals surface area contributed by atoms with Gasteiger partial charge in [0, 0.05) is 39.1 Å². The summed E-state index contributed by atoms with van der Waals surface area (Å²) in [6.07, 6.45) is 3.57. The normalized spacial score (nSPS) is 20.0. The molecule has 2 aromatic rings. The molecule has 0 spiro atoms. The van der Waals surface area contributed by atoms with Crippen LogP contribution in [0.25, 0.3) is 0 Å². The molecule has 1 aliphatic heterocycles. The molecule has 0 radical (unpaired) electrons. The Morgan fingerprint density at radius 2 is 2.08 bits per heavy atom. The number of piperazine rings is 1. The molecule has 0 saturated carbocycles. The van der Waals surface area contributed by atoms with Crippen LogP contribution in [0.4, 0.5) is 0 Å². The minimum absolute atomic E-state index is 0.104. The number of benzene rings is 1. The summed E-state index contributed by atoms with van der Waals surface area (Å²) < 4.78 is 29.3. The van der Waals surface area contributed by atoms with Gasteiger partial charge in [0.2, 0.25) is 10.0 Å². The van der Waals surface area contributed by atoms with E-state index in [1.165, 1.54) is 16.4 Å². The molecular formula is C16H19N5O2S. The Bertz CT molecular complexity index is 884. The second-order valence-corrected chi connectivity index (χ2v) is 7.83. The van der Waals surface area contributed by atoms with Gasteiger partial charge >= 0.3 is 0 Å². The van der Waals surface area contributed by atoms with Gasteiger partial charge in [-0.25, -0.2) is 13.4 Å². The number of hydrogen-bond acceptors (Lipinski definition) is 5. The van der Waals surface area contributed by atoms with Gasteiger partial charge in [-0.2, -0.15) is 9.57 Å². The smallest absolute Gasteiger partial charge is 0.243 e. The van der Waals surface area contributed by atoms with Crippen LogP contribution in [0.5, 0.6) is 0 Å². The van der Waals surface area contributed by atoms with E-state index in [-0.39, 0.29) is 10.9 Å². The number of sulfonamides is 1. The predicted octanol–water partition coefficient (Wildman–Crippen LogP) is 0.969. The highest BCUT2D eigenvalue weighted by Crippen LogP contribution is 2.27. The van der Waals surface area contributed by atoms with Crippen LogP contribution in [0.2, 0.25) is 0 Å². The van der Waals surface area contributed by atoms with E-state index in [1.54, 1.807) is 18.3 Å². The van der Waals surface area contributed by atoms with Crippen molar-refractivity contribution in [3.05, 3.63) is 48.0 Å². The lowest BCUT2D eigenvalue weighted by atomic mass is 10.2. The molecule has 8 heteroatoms. The highest BCUT2D eigenvalue weighted by Gasteiger charge is 2.35. The molecule has 1 aliphatic rings. The van der Waals surface area contributed by atoms with E-state index in [9.17, 15) is 8.42 Å². The van der Waals surface area contributed by atoms with Crippen molar-refractivity contribution in [2.24, 2.45) is 7.05 Å². The zero-order valence-electron chi connectivity index (χ0n) is 13.6. The lowest BCUT2D eigenvalue weighted by Gasteiger charge is -2.38. The maximum atomic E-state index is 12.9. The summed E-state index contributed by atoms with van der Waals surface area (Å²) in [5.41, 5.74) is 0.339. The quantitative estimate of drug-likeness (QED) is 0.828. The van der Waals surface area contributed by atoms with Crippen molar-refractivity contribution >= 4 is 10.0 Å². The average molecular weight is 345 g/mol. The van der Waals surface area contributed by atoms with Crippen LogP contribution in [0.1, 0.15) is 17.4 Å². The molecule has 1 aromatic heterocycles. The van der Waals surface area contributed by atoms with Gasteiger partial charge in [-0.3, -0.25) is 4.90 Å². The summed E-state index contributed by atoms with van der Waals surface area (Å²) in [6, 6.07) is 8.02. The molecule has 1 unspecified atom stereocenters. The maximum Gasteiger partial charge on any atom is 0.243 e. The monoisotopic (exact) mass is 345 g/mol. The van der Waals surface area contributed by atoms with E-state index < -0.39 is 10.0 Å². The van der Waals surface area contributed by atoms with Gasteiger partial charge in [0.25, 0.3) is 0 Å². The second-order valence-electron chi connectivity index (χ2n) is 5.90. The molecule has 1 saturated heterocycles. The second kappa shape index (κ2) is 6.36. The Balaban J connectivity index is 1.91. The van der Waals surface area contributed by atoms with Crippen molar-refractivity contribution in [3.63, 3.8) is 0 Å². The highest BCUT2D eigenvalue weighted by molar-refractivity contribution is 7.89. The molecular weight excluding hydrogens is 326 g/mol. The van der Waals surface area contributed by atoms with Gasteiger partial charge in [-0.1, -0.05) is 6.07 Å². The van der Waals surface area contributed by atoms with Gasteiger partial charge in [-0.15, -0.1) is 0 Å². The molecule has 1 fully saturated rings. The minimum atomic E-state index is -3.64. The molecule has 0 bridgehead atoms. The highest BCUT2D eigenvalue weighted by atomic mass is 32.2. The van der Waals surface area contributed by atoms with Crippen LogP contribution >= 0.6 is 0 Å². The molecule has 2 heterocycles. The summed E-state index contributed by atoms with van der Waals surface area (Å²) in [5, 5.41) is 8.99. The van der Waals surface area contributed by atoms with E-state index in [1.807, 2.05) is 30.9 Å². The lowest BCUT2D eigenvalue weighted by molar-refractivity contribution is 0.140. The van der Waals surface area contributed by atoms with E-state index in [4.69, 9.17) is 5.26 Å². The third kappa shape index (κ3) is 2.94. The SMILES string of the molecule is CN1CCN(S(=O)(=O)c2cccc(C#N)c2)CC1c1nccn1C. The Hall–Kier alpha value is -2.21.